The highest BCUT2D eigenvalue weighted by Crippen LogP contribution is 2.49. The second kappa shape index (κ2) is 11.0. The smallest absolute Gasteiger partial charge is 0.459 e. The Bertz CT molecular complexity index is 1320. The molecule has 14 heteroatoms. The Labute approximate surface area is 219 Å². The Morgan fingerprint density at radius 2 is 2.00 bits per heavy atom. The van der Waals surface area contributed by atoms with Gasteiger partial charge in [-0.05, 0) is 45.9 Å². The first-order valence-electron chi connectivity index (χ1n) is 12.1. The van der Waals surface area contributed by atoms with Gasteiger partial charge in [-0.15, -0.1) is 0 Å². The highest BCUT2D eigenvalue weighted by atomic mass is 31.2. The molecule has 1 fully saturated rings. The van der Waals surface area contributed by atoms with Crippen molar-refractivity contribution in [3.63, 3.8) is 0 Å². The molecule has 1 saturated heterocycles. The molecule has 0 amide bonds. The van der Waals surface area contributed by atoms with Crippen molar-refractivity contribution < 1.29 is 38.1 Å². The van der Waals surface area contributed by atoms with E-state index in [1.165, 1.54) is 31.7 Å². The first kappa shape index (κ1) is 28.0. The molecular weight excluding hydrogens is 517 g/mol. The van der Waals surface area contributed by atoms with Crippen LogP contribution in [0.1, 0.15) is 33.9 Å². The maximum atomic E-state index is 13.9. The number of nitrogen functional groups attached to an aromatic ring is 1. The normalized spacial score (nSPS) is 26.5. The number of hydrogen-bond donors (Lipinski definition) is 4. The van der Waals surface area contributed by atoms with E-state index in [1.807, 2.05) is 0 Å². The van der Waals surface area contributed by atoms with Crippen LogP contribution in [0.15, 0.2) is 48.9 Å². The van der Waals surface area contributed by atoms with E-state index in [-0.39, 0.29) is 18.2 Å². The fourth-order valence-electron chi connectivity index (χ4n) is 4.27. The summed E-state index contributed by atoms with van der Waals surface area (Å²) >= 11 is 0. The van der Waals surface area contributed by atoms with Gasteiger partial charge in [-0.2, -0.15) is 5.09 Å². The van der Waals surface area contributed by atoms with Crippen LogP contribution in [0.5, 0.6) is 5.75 Å². The van der Waals surface area contributed by atoms with Gasteiger partial charge in [-0.3, -0.25) is 9.32 Å². The lowest BCUT2D eigenvalue weighted by molar-refractivity contribution is -0.144. The molecule has 1 aromatic carbocycles. The molecule has 4 rings (SSSR count). The summed E-state index contributed by atoms with van der Waals surface area (Å²) < 4.78 is 37.9. The van der Waals surface area contributed by atoms with E-state index in [0.29, 0.717) is 11.0 Å². The molecule has 2 unspecified atom stereocenters. The first-order valence-corrected chi connectivity index (χ1v) is 13.6. The predicted molar refractivity (Wildman–Crippen MR) is 137 cm³/mol. The minimum atomic E-state index is -4.24. The summed E-state index contributed by atoms with van der Waals surface area (Å²) in [6.07, 6.45) is -1.90. The molecule has 5 N–H and O–H groups in total. The molecule has 0 saturated carbocycles. The number of esters is 1. The van der Waals surface area contributed by atoms with Crippen LogP contribution < -0.4 is 15.3 Å². The molecule has 206 valence electrons. The Kier molecular flexibility index (Phi) is 8.07. The monoisotopic (exact) mass is 549 g/mol. The van der Waals surface area contributed by atoms with Crippen LogP contribution in [-0.4, -0.2) is 67.3 Å². The average Bonchev–Trinajstić information content (AvgIpc) is 3.38. The van der Waals surface area contributed by atoms with Crippen molar-refractivity contribution in [2.24, 2.45) is 0 Å². The Balaban J connectivity index is 1.59. The fourth-order valence-corrected chi connectivity index (χ4v) is 5.96. The van der Waals surface area contributed by atoms with E-state index in [0.717, 1.165) is 0 Å². The van der Waals surface area contributed by atoms with Crippen LogP contribution in [-0.2, 0) is 23.4 Å². The molecule has 13 nitrogen and oxygen atoms in total. The lowest BCUT2D eigenvalue weighted by Gasteiger charge is -2.29. The van der Waals surface area contributed by atoms with Crippen molar-refractivity contribution in [2.75, 3.05) is 12.3 Å². The molecule has 38 heavy (non-hydrogen) atoms. The van der Waals surface area contributed by atoms with Gasteiger partial charge in [0, 0.05) is 6.20 Å². The number of hydrogen-bond acceptors (Lipinski definition) is 11. The molecule has 1 aliphatic rings. The van der Waals surface area contributed by atoms with Crippen LogP contribution in [0.25, 0.3) is 11.0 Å². The number of para-hydroxylation sites is 1. The predicted octanol–water partition coefficient (Wildman–Crippen LogP) is 2.16. The number of aliphatic hydroxyl groups is 2. The summed E-state index contributed by atoms with van der Waals surface area (Å²) in [5.74, 6) is -0.178. The van der Waals surface area contributed by atoms with Gasteiger partial charge in [0.2, 0.25) is 0 Å². The van der Waals surface area contributed by atoms with Crippen molar-refractivity contribution in [2.45, 2.75) is 63.9 Å². The first-order chi connectivity index (χ1) is 18.0. The van der Waals surface area contributed by atoms with Crippen molar-refractivity contribution in [1.82, 2.24) is 19.6 Å². The number of aromatic nitrogens is 3. The molecule has 1 aliphatic heterocycles. The molecule has 0 aliphatic carbocycles. The zero-order valence-corrected chi connectivity index (χ0v) is 22.3. The Hall–Kier alpha value is -3.06. The molecule has 0 bridgehead atoms. The van der Waals surface area contributed by atoms with Crippen molar-refractivity contribution in [1.29, 1.82) is 0 Å². The molecular formula is C24H32N5O8P. The summed E-state index contributed by atoms with van der Waals surface area (Å²) in [6, 6.07) is 8.89. The molecule has 0 radical (unpaired) electrons. The number of nitrogens with zero attached hydrogens (tertiary/aromatic N) is 3. The standard InChI is InChI=1S/C24H32N5O8P/c1-5-34-22(31)14(2)28-38(33,37-16-9-7-6-8-10-16)36-15(3)18-19(30)24(4,32)23(35-18)29-12-11-17-20(25)26-13-27-21(17)29/h6-15,18-19,23,30,32H,5H2,1-4H3,(H,28,33)(H2,25,26,27)/t14-,15-,18+,19+,23?,24+,38?/m0/s1. The van der Waals surface area contributed by atoms with E-state index in [4.69, 9.17) is 24.3 Å². The number of carbonyl (C=O) groups is 1. The second-order valence-electron chi connectivity index (χ2n) is 9.16. The van der Waals surface area contributed by atoms with E-state index in [2.05, 4.69) is 15.1 Å². The summed E-state index contributed by atoms with van der Waals surface area (Å²) in [7, 11) is -4.24. The van der Waals surface area contributed by atoms with E-state index >= 15 is 0 Å². The number of ether oxygens (including phenoxy) is 2. The minimum absolute atomic E-state index is 0.134. The third-order valence-corrected chi connectivity index (χ3v) is 7.98. The quantitative estimate of drug-likeness (QED) is 0.214. The highest BCUT2D eigenvalue weighted by molar-refractivity contribution is 7.52. The fraction of sp³-hybridized carbons (Fsp3) is 0.458. The molecule has 7 atom stereocenters. The minimum Gasteiger partial charge on any atom is -0.465 e. The number of fused-ring (bicyclic) bond motifs is 1. The van der Waals surface area contributed by atoms with Crippen LogP contribution in [0.4, 0.5) is 5.82 Å². The molecule has 3 heterocycles. The lowest BCUT2D eigenvalue weighted by Crippen LogP contribution is -2.46. The van der Waals surface area contributed by atoms with E-state index in [9.17, 15) is 19.6 Å². The lowest BCUT2D eigenvalue weighted by atomic mass is 9.94. The summed E-state index contributed by atoms with van der Waals surface area (Å²) in [4.78, 5) is 20.4. The Morgan fingerprint density at radius 3 is 2.68 bits per heavy atom. The van der Waals surface area contributed by atoms with Crippen LogP contribution >= 0.6 is 7.75 Å². The van der Waals surface area contributed by atoms with Crippen LogP contribution in [0.2, 0.25) is 0 Å². The van der Waals surface area contributed by atoms with Gasteiger partial charge >= 0.3 is 13.7 Å². The number of benzene rings is 1. The third-order valence-electron chi connectivity index (χ3n) is 6.22. The zero-order chi connectivity index (χ0) is 27.7. The van der Waals surface area contributed by atoms with Gasteiger partial charge in [0.05, 0.1) is 18.1 Å². The maximum absolute atomic E-state index is 13.9. The van der Waals surface area contributed by atoms with Gasteiger partial charge < -0.3 is 34.5 Å². The van der Waals surface area contributed by atoms with E-state index < -0.39 is 49.9 Å². The number of anilines is 1. The topological polar surface area (TPSA) is 180 Å². The third kappa shape index (κ3) is 5.53. The van der Waals surface area contributed by atoms with Gasteiger partial charge in [-0.1, -0.05) is 18.2 Å². The number of aliphatic hydroxyl groups excluding tert-OH is 1. The summed E-state index contributed by atoms with van der Waals surface area (Å²) in [5.41, 5.74) is 4.52. The van der Waals surface area contributed by atoms with E-state index in [1.54, 1.807) is 49.5 Å². The van der Waals surface area contributed by atoms with Crippen molar-refractivity contribution >= 4 is 30.6 Å². The zero-order valence-electron chi connectivity index (χ0n) is 21.4. The van der Waals surface area contributed by atoms with Crippen molar-refractivity contribution in [3.05, 3.63) is 48.9 Å². The SMILES string of the molecule is CCOC(=O)[C@H](C)NP(=O)(Oc1ccccc1)O[C@@H](C)[C@H]1OC(n2ccc3c(N)ncnc32)[C@](C)(O)[C@@H]1O. The Morgan fingerprint density at radius 1 is 1.29 bits per heavy atom. The number of nitrogens with one attached hydrogen (secondary N) is 1. The number of carbonyl (C=O) groups excluding carboxylic acids is 1. The highest BCUT2D eigenvalue weighted by Gasteiger charge is 2.56. The maximum Gasteiger partial charge on any atom is 0.459 e. The summed E-state index contributed by atoms with van der Waals surface area (Å²) in [5, 5.41) is 25.4. The largest absolute Gasteiger partial charge is 0.465 e. The van der Waals surface area contributed by atoms with Gasteiger partial charge in [0.25, 0.3) is 0 Å². The number of rotatable bonds is 10. The average molecular weight is 550 g/mol. The molecule has 3 aromatic rings. The van der Waals surface area contributed by atoms with Gasteiger partial charge in [0.15, 0.2) is 6.23 Å². The van der Waals surface area contributed by atoms with Crippen LogP contribution in [0.3, 0.4) is 0 Å². The number of nitrogens with two attached hydrogens (primary N) is 1. The summed E-state index contributed by atoms with van der Waals surface area (Å²) in [6.45, 7) is 6.16. The van der Waals surface area contributed by atoms with Gasteiger partial charge in [0.1, 0.15) is 47.4 Å². The van der Waals surface area contributed by atoms with Crippen LogP contribution in [0, 0.1) is 0 Å². The molecule has 2 aromatic heterocycles. The molecule has 0 spiro atoms. The van der Waals surface area contributed by atoms with Crippen molar-refractivity contribution in [3.8, 4) is 5.75 Å². The van der Waals surface area contributed by atoms with Gasteiger partial charge in [-0.25, -0.2) is 14.5 Å². The second-order valence-corrected chi connectivity index (χ2v) is 10.8.